The van der Waals surface area contributed by atoms with Gasteiger partial charge in [-0.1, -0.05) is 13.8 Å². The molecule has 82 valence electrons. The van der Waals surface area contributed by atoms with Crippen molar-refractivity contribution in [1.82, 2.24) is 0 Å². The average molecular weight is 199 g/mol. The van der Waals surface area contributed by atoms with Gasteiger partial charge in [0.05, 0.1) is 12.7 Å². The zero-order valence-corrected chi connectivity index (χ0v) is 9.16. The lowest BCUT2D eigenvalue weighted by Gasteiger charge is -2.38. The summed E-state index contributed by atoms with van der Waals surface area (Å²) in [7, 11) is 0. The topological polar surface area (TPSA) is 44.5 Å². The van der Waals surface area contributed by atoms with Crippen LogP contribution in [-0.2, 0) is 9.47 Å². The largest absolute Gasteiger partial charge is 0.347 e. The first-order chi connectivity index (χ1) is 6.65. The van der Waals surface area contributed by atoms with Gasteiger partial charge in [0.15, 0.2) is 5.79 Å². The fourth-order valence-corrected chi connectivity index (χ4v) is 2.50. The van der Waals surface area contributed by atoms with Crippen LogP contribution in [0.3, 0.4) is 0 Å². The van der Waals surface area contributed by atoms with Crippen molar-refractivity contribution in [3.05, 3.63) is 0 Å². The molecule has 1 heterocycles. The fourth-order valence-electron chi connectivity index (χ4n) is 2.50. The molecular formula is C11H21NO2. The first-order valence-electron chi connectivity index (χ1n) is 5.67. The zero-order valence-electron chi connectivity index (χ0n) is 9.16. The van der Waals surface area contributed by atoms with Crippen molar-refractivity contribution in [1.29, 1.82) is 0 Å². The van der Waals surface area contributed by atoms with E-state index < -0.39 is 0 Å². The van der Waals surface area contributed by atoms with Crippen molar-refractivity contribution in [3.63, 3.8) is 0 Å². The van der Waals surface area contributed by atoms with E-state index in [-0.39, 0.29) is 11.9 Å². The summed E-state index contributed by atoms with van der Waals surface area (Å²) in [5.74, 6) is 1.21. The standard InChI is InChI=1S/C11H21NO2/c1-8-3-4-11(5-9(8)2)13-7-10(6-12)14-11/h8-10H,3-7,12H2,1-2H3. The summed E-state index contributed by atoms with van der Waals surface area (Å²) in [6.45, 7) is 5.85. The van der Waals surface area contributed by atoms with E-state index in [4.69, 9.17) is 15.2 Å². The van der Waals surface area contributed by atoms with Crippen molar-refractivity contribution in [2.24, 2.45) is 17.6 Å². The second kappa shape index (κ2) is 3.80. The van der Waals surface area contributed by atoms with Crippen LogP contribution in [0.2, 0.25) is 0 Å². The molecule has 1 aliphatic carbocycles. The Balaban J connectivity index is 1.98. The summed E-state index contributed by atoms with van der Waals surface area (Å²) in [6.07, 6.45) is 3.40. The van der Waals surface area contributed by atoms with Gasteiger partial charge in [-0.25, -0.2) is 0 Å². The molecule has 0 aromatic heterocycles. The fraction of sp³-hybridized carbons (Fsp3) is 1.00. The van der Waals surface area contributed by atoms with Gasteiger partial charge in [0.25, 0.3) is 0 Å². The minimum Gasteiger partial charge on any atom is -0.347 e. The van der Waals surface area contributed by atoms with Crippen LogP contribution in [0.1, 0.15) is 33.1 Å². The van der Waals surface area contributed by atoms with Gasteiger partial charge < -0.3 is 15.2 Å². The molecule has 14 heavy (non-hydrogen) atoms. The molecule has 2 N–H and O–H groups in total. The molecule has 0 bridgehead atoms. The molecule has 3 heteroatoms. The summed E-state index contributed by atoms with van der Waals surface area (Å²) in [5.41, 5.74) is 5.58. The van der Waals surface area contributed by atoms with Crippen LogP contribution in [0.25, 0.3) is 0 Å². The summed E-state index contributed by atoms with van der Waals surface area (Å²) < 4.78 is 11.7. The molecule has 0 amide bonds. The number of hydrogen-bond donors (Lipinski definition) is 1. The van der Waals surface area contributed by atoms with Gasteiger partial charge in [-0.05, 0) is 18.3 Å². The Hall–Kier alpha value is -0.120. The van der Waals surface area contributed by atoms with E-state index in [0.717, 1.165) is 18.8 Å². The van der Waals surface area contributed by atoms with Gasteiger partial charge in [-0.15, -0.1) is 0 Å². The summed E-state index contributed by atoms with van der Waals surface area (Å²) >= 11 is 0. The first-order valence-corrected chi connectivity index (χ1v) is 5.67. The summed E-state index contributed by atoms with van der Waals surface area (Å²) in [6, 6.07) is 0. The smallest absolute Gasteiger partial charge is 0.169 e. The van der Waals surface area contributed by atoms with Crippen molar-refractivity contribution >= 4 is 0 Å². The van der Waals surface area contributed by atoms with Gasteiger partial charge in [0.1, 0.15) is 0 Å². The Labute approximate surface area is 85.9 Å². The lowest BCUT2D eigenvalue weighted by atomic mass is 9.78. The SMILES string of the molecule is CC1CCC2(CC1C)OCC(CN)O2. The van der Waals surface area contributed by atoms with Crippen LogP contribution >= 0.6 is 0 Å². The molecule has 2 aliphatic rings. The molecule has 3 nitrogen and oxygen atoms in total. The lowest BCUT2D eigenvalue weighted by Crippen LogP contribution is -2.39. The monoisotopic (exact) mass is 199 g/mol. The molecule has 1 saturated carbocycles. The summed E-state index contributed by atoms with van der Waals surface area (Å²) in [4.78, 5) is 0. The number of hydrogen-bond acceptors (Lipinski definition) is 3. The molecule has 0 radical (unpaired) electrons. The molecule has 1 saturated heterocycles. The van der Waals surface area contributed by atoms with Gasteiger partial charge in [0, 0.05) is 19.4 Å². The molecule has 2 rings (SSSR count). The predicted molar refractivity (Wildman–Crippen MR) is 54.8 cm³/mol. The van der Waals surface area contributed by atoms with Gasteiger partial charge >= 0.3 is 0 Å². The zero-order chi connectivity index (χ0) is 10.2. The van der Waals surface area contributed by atoms with E-state index in [1.165, 1.54) is 6.42 Å². The van der Waals surface area contributed by atoms with Crippen LogP contribution in [0.4, 0.5) is 0 Å². The minimum absolute atomic E-state index is 0.121. The Bertz CT molecular complexity index is 209. The Kier molecular flexibility index (Phi) is 2.82. The highest BCUT2D eigenvalue weighted by Crippen LogP contribution is 2.42. The van der Waals surface area contributed by atoms with Crippen LogP contribution < -0.4 is 5.73 Å². The number of nitrogens with two attached hydrogens (primary N) is 1. The van der Waals surface area contributed by atoms with Crippen molar-refractivity contribution in [3.8, 4) is 0 Å². The van der Waals surface area contributed by atoms with Gasteiger partial charge in [0.2, 0.25) is 0 Å². The highest BCUT2D eigenvalue weighted by molar-refractivity contribution is 4.87. The minimum atomic E-state index is -0.282. The van der Waals surface area contributed by atoms with E-state index in [9.17, 15) is 0 Å². The maximum atomic E-state index is 5.91. The third-order valence-electron chi connectivity index (χ3n) is 3.76. The predicted octanol–water partition coefficient (Wildman–Crippen LogP) is 1.51. The molecule has 1 aliphatic heterocycles. The molecule has 4 atom stereocenters. The van der Waals surface area contributed by atoms with E-state index in [1.54, 1.807) is 0 Å². The molecule has 2 fully saturated rings. The Morgan fingerprint density at radius 1 is 1.36 bits per heavy atom. The lowest BCUT2D eigenvalue weighted by molar-refractivity contribution is -0.200. The number of ether oxygens (including phenoxy) is 2. The number of rotatable bonds is 1. The van der Waals surface area contributed by atoms with E-state index in [2.05, 4.69) is 13.8 Å². The van der Waals surface area contributed by atoms with E-state index >= 15 is 0 Å². The second-order valence-electron chi connectivity index (χ2n) is 4.89. The third-order valence-corrected chi connectivity index (χ3v) is 3.76. The molecular weight excluding hydrogens is 178 g/mol. The molecule has 1 spiro atoms. The van der Waals surface area contributed by atoms with Crippen molar-refractivity contribution in [2.45, 2.75) is 45.0 Å². The Morgan fingerprint density at radius 2 is 2.14 bits per heavy atom. The van der Waals surface area contributed by atoms with Crippen molar-refractivity contribution < 1.29 is 9.47 Å². The van der Waals surface area contributed by atoms with Gasteiger partial charge in [-0.2, -0.15) is 0 Å². The van der Waals surface area contributed by atoms with Crippen LogP contribution in [0, 0.1) is 11.8 Å². The van der Waals surface area contributed by atoms with Crippen LogP contribution in [0.5, 0.6) is 0 Å². The second-order valence-corrected chi connectivity index (χ2v) is 4.89. The van der Waals surface area contributed by atoms with Crippen molar-refractivity contribution in [2.75, 3.05) is 13.2 Å². The van der Waals surface area contributed by atoms with Crippen LogP contribution in [-0.4, -0.2) is 25.0 Å². The highest BCUT2D eigenvalue weighted by Gasteiger charge is 2.45. The van der Waals surface area contributed by atoms with Crippen LogP contribution in [0.15, 0.2) is 0 Å². The Morgan fingerprint density at radius 3 is 2.71 bits per heavy atom. The average Bonchev–Trinajstić information content (AvgIpc) is 2.56. The normalized spacial score (nSPS) is 48.6. The molecule has 0 aromatic carbocycles. The molecule has 0 aromatic rings. The summed E-state index contributed by atoms with van der Waals surface area (Å²) in [5, 5.41) is 0. The van der Waals surface area contributed by atoms with E-state index in [0.29, 0.717) is 19.1 Å². The highest BCUT2D eigenvalue weighted by atomic mass is 16.7. The third kappa shape index (κ3) is 1.81. The maximum absolute atomic E-state index is 5.91. The maximum Gasteiger partial charge on any atom is 0.169 e. The van der Waals surface area contributed by atoms with E-state index in [1.807, 2.05) is 0 Å². The first kappa shape index (κ1) is 10.4. The quantitative estimate of drug-likeness (QED) is 0.696. The molecule has 4 unspecified atom stereocenters. The van der Waals surface area contributed by atoms with Gasteiger partial charge in [-0.3, -0.25) is 0 Å².